The van der Waals surface area contributed by atoms with Gasteiger partial charge < -0.3 is 10.0 Å². The van der Waals surface area contributed by atoms with Crippen molar-refractivity contribution >= 4 is 11.9 Å². The van der Waals surface area contributed by atoms with Crippen molar-refractivity contribution in [3.63, 3.8) is 0 Å². The Morgan fingerprint density at radius 1 is 1.12 bits per heavy atom. The van der Waals surface area contributed by atoms with E-state index in [-0.39, 0.29) is 23.3 Å². The standard InChI is InChI=1S/C18H19N3O3/c22-17(15-8-4-9-16(20-15)18(23)24)21(14-6-3-7-14)12-10-13-5-1-2-11-19-13/h1-2,4-5,8-9,11,14H,3,6-7,10,12H2,(H,23,24). The van der Waals surface area contributed by atoms with Crippen molar-refractivity contribution in [1.82, 2.24) is 14.9 Å². The van der Waals surface area contributed by atoms with Crippen molar-refractivity contribution in [2.75, 3.05) is 6.54 Å². The number of carbonyl (C=O) groups excluding carboxylic acids is 1. The maximum absolute atomic E-state index is 12.8. The summed E-state index contributed by atoms with van der Waals surface area (Å²) in [7, 11) is 0. The highest BCUT2D eigenvalue weighted by molar-refractivity contribution is 5.94. The molecule has 1 amide bonds. The number of pyridine rings is 2. The second-order valence-corrected chi connectivity index (χ2v) is 5.87. The van der Waals surface area contributed by atoms with Crippen LogP contribution in [0.4, 0.5) is 0 Å². The second kappa shape index (κ2) is 7.21. The number of hydrogen-bond acceptors (Lipinski definition) is 4. The van der Waals surface area contributed by atoms with E-state index in [0.717, 1.165) is 25.0 Å². The van der Waals surface area contributed by atoms with Gasteiger partial charge in [0.05, 0.1) is 0 Å². The lowest BCUT2D eigenvalue weighted by molar-refractivity contribution is 0.0576. The van der Waals surface area contributed by atoms with Gasteiger partial charge in [0.1, 0.15) is 11.4 Å². The third-order valence-electron chi connectivity index (χ3n) is 4.30. The summed E-state index contributed by atoms with van der Waals surface area (Å²) in [6.45, 7) is 0.555. The molecule has 0 bridgehead atoms. The maximum atomic E-state index is 12.8. The van der Waals surface area contributed by atoms with Gasteiger partial charge in [0.15, 0.2) is 0 Å². The molecule has 6 heteroatoms. The van der Waals surface area contributed by atoms with Gasteiger partial charge in [-0.15, -0.1) is 0 Å². The number of carbonyl (C=O) groups is 2. The van der Waals surface area contributed by atoms with Crippen molar-refractivity contribution in [3.05, 3.63) is 59.7 Å². The van der Waals surface area contributed by atoms with Crippen LogP contribution in [0.15, 0.2) is 42.6 Å². The third kappa shape index (κ3) is 3.59. The summed E-state index contributed by atoms with van der Waals surface area (Å²) in [5.41, 5.74) is 1.00. The molecule has 24 heavy (non-hydrogen) atoms. The average molecular weight is 325 g/mol. The molecule has 1 aliphatic rings. The number of rotatable bonds is 6. The quantitative estimate of drug-likeness (QED) is 0.882. The van der Waals surface area contributed by atoms with Crippen LogP contribution in [0.1, 0.15) is 45.9 Å². The van der Waals surface area contributed by atoms with E-state index < -0.39 is 5.97 Å². The Labute approximate surface area is 140 Å². The van der Waals surface area contributed by atoms with Gasteiger partial charge in [-0.3, -0.25) is 9.78 Å². The molecular formula is C18H19N3O3. The topological polar surface area (TPSA) is 83.4 Å². The summed E-state index contributed by atoms with van der Waals surface area (Å²) >= 11 is 0. The Balaban J connectivity index is 1.76. The highest BCUT2D eigenvalue weighted by Gasteiger charge is 2.30. The zero-order valence-electron chi connectivity index (χ0n) is 13.3. The van der Waals surface area contributed by atoms with Gasteiger partial charge in [-0.1, -0.05) is 12.1 Å². The summed E-state index contributed by atoms with van der Waals surface area (Å²) in [4.78, 5) is 34.0. The van der Waals surface area contributed by atoms with Gasteiger partial charge >= 0.3 is 5.97 Å². The molecule has 0 aliphatic heterocycles. The van der Waals surface area contributed by atoms with Crippen molar-refractivity contribution < 1.29 is 14.7 Å². The summed E-state index contributed by atoms with van der Waals surface area (Å²) in [5, 5.41) is 9.05. The molecule has 0 aromatic carbocycles. The van der Waals surface area contributed by atoms with E-state index in [4.69, 9.17) is 5.11 Å². The average Bonchev–Trinajstić information content (AvgIpc) is 2.57. The van der Waals surface area contributed by atoms with Crippen LogP contribution in [0, 0.1) is 0 Å². The number of aromatic nitrogens is 2. The van der Waals surface area contributed by atoms with Crippen LogP contribution in [0.25, 0.3) is 0 Å². The zero-order chi connectivity index (χ0) is 16.9. The van der Waals surface area contributed by atoms with Gasteiger partial charge in [-0.25, -0.2) is 9.78 Å². The van der Waals surface area contributed by atoms with Crippen LogP contribution in [0.2, 0.25) is 0 Å². The fraction of sp³-hybridized carbons (Fsp3) is 0.333. The monoisotopic (exact) mass is 325 g/mol. The molecule has 0 spiro atoms. The molecule has 2 aromatic heterocycles. The minimum atomic E-state index is -1.13. The second-order valence-electron chi connectivity index (χ2n) is 5.87. The highest BCUT2D eigenvalue weighted by Crippen LogP contribution is 2.26. The van der Waals surface area contributed by atoms with Crippen molar-refractivity contribution in [1.29, 1.82) is 0 Å². The molecule has 1 saturated carbocycles. The van der Waals surface area contributed by atoms with E-state index in [2.05, 4.69) is 9.97 Å². The SMILES string of the molecule is O=C(O)c1cccc(C(=O)N(CCc2ccccn2)C2CCC2)n1. The summed E-state index contributed by atoms with van der Waals surface area (Å²) in [6, 6.07) is 10.4. The predicted octanol–water partition coefficient (Wildman–Crippen LogP) is 2.41. The first-order chi connectivity index (χ1) is 11.6. The molecule has 2 aromatic rings. The number of amides is 1. The summed E-state index contributed by atoms with van der Waals surface area (Å²) in [5.74, 6) is -1.34. The third-order valence-corrected chi connectivity index (χ3v) is 4.30. The van der Waals surface area contributed by atoms with Crippen LogP contribution in [0.3, 0.4) is 0 Å². The molecule has 2 heterocycles. The van der Waals surface area contributed by atoms with Crippen LogP contribution in [-0.2, 0) is 6.42 Å². The van der Waals surface area contributed by atoms with Crippen LogP contribution < -0.4 is 0 Å². The molecule has 124 valence electrons. The van der Waals surface area contributed by atoms with E-state index in [9.17, 15) is 9.59 Å². The van der Waals surface area contributed by atoms with Crippen LogP contribution >= 0.6 is 0 Å². The Hall–Kier alpha value is -2.76. The zero-order valence-corrected chi connectivity index (χ0v) is 13.3. The van der Waals surface area contributed by atoms with Crippen LogP contribution in [0.5, 0.6) is 0 Å². The normalized spacial score (nSPS) is 14.0. The lowest BCUT2D eigenvalue weighted by atomic mass is 9.91. The first-order valence-corrected chi connectivity index (χ1v) is 8.06. The molecule has 1 fully saturated rings. The van der Waals surface area contributed by atoms with Crippen molar-refractivity contribution in [3.8, 4) is 0 Å². The van der Waals surface area contributed by atoms with Gasteiger partial charge in [0.2, 0.25) is 0 Å². The minimum Gasteiger partial charge on any atom is -0.477 e. The predicted molar refractivity (Wildman–Crippen MR) is 87.8 cm³/mol. The van der Waals surface area contributed by atoms with E-state index in [1.165, 1.54) is 6.07 Å². The minimum absolute atomic E-state index is 0.112. The summed E-state index contributed by atoms with van der Waals surface area (Å²) in [6.07, 6.45) is 5.48. The van der Waals surface area contributed by atoms with E-state index >= 15 is 0 Å². The molecular weight excluding hydrogens is 306 g/mol. The molecule has 0 atom stereocenters. The smallest absolute Gasteiger partial charge is 0.354 e. The highest BCUT2D eigenvalue weighted by atomic mass is 16.4. The van der Waals surface area contributed by atoms with Gasteiger partial charge in [0.25, 0.3) is 5.91 Å². The summed E-state index contributed by atoms with van der Waals surface area (Å²) < 4.78 is 0. The number of carboxylic acids is 1. The Morgan fingerprint density at radius 2 is 1.92 bits per heavy atom. The lowest BCUT2D eigenvalue weighted by Crippen LogP contribution is -2.45. The van der Waals surface area contributed by atoms with Crippen LogP contribution in [-0.4, -0.2) is 44.4 Å². The Kier molecular flexibility index (Phi) is 4.84. The number of nitrogens with zero attached hydrogens (tertiary/aromatic N) is 3. The largest absolute Gasteiger partial charge is 0.477 e. The van der Waals surface area contributed by atoms with E-state index in [0.29, 0.717) is 13.0 Å². The first-order valence-electron chi connectivity index (χ1n) is 8.06. The fourth-order valence-electron chi connectivity index (χ4n) is 2.75. The van der Waals surface area contributed by atoms with E-state index in [1.807, 2.05) is 23.1 Å². The molecule has 6 nitrogen and oxygen atoms in total. The fourth-order valence-corrected chi connectivity index (χ4v) is 2.75. The maximum Gasteiger partial charge on any atom is 0.354 e. The Bertz CT molecular complexity index is 729. The molecule has 1 aliphatic carbocycles. The van der Waals surface area contributed by atoms with E-state index in [1.54, 1.807) is 18.3 Å². The number of aromatic carboxylic acids is 1. The van der Waals surface area contributed by atoms with Gasteiger partial charge in [-0.2, -0.15) is 0 Å². The molecule has 0 radical (unpaired) electrons. The molecule has 0 saturated heterocycles. The van der Waals surface area contributed by atoms with Gasteiger partial charge in [-0.05, 0) is 43.5 Å². The molecule has 1 N–H and O–H groups in total. The first kappa shape index (κ1) is 16.1. The van der Waals surface area contributed by atoms with Gasteiger partial charge in [0, 0.05) is 30.9 Å². The molecule has 3 rings (SSSR count). The number of carboxylic acid groups (broad SMARTS) is 1. The molecule has 0 unspecified atom stereocenters. The van der Waals surface area contributed by atoms with Crippen molar-refractivity contribution in [2.45, 2.75) is 31.7 Å². The Morgan fingerprint density at radius 3 is 2.54 bits per heavy atom. The number of hydrogen-bond donors (Lipinski definition) is 1. The lowest BCUT2D eigenvalue weighted by Gasteiger charge is -2.37. The van der Waals surface area contributed by atoms with Crippen molar-refractivity contribution in [2.24, 2.45) is 0 Å².